The molecule has 0 fully saturated rings. The molecule has 1 rings (SSSR count). The number of aromatic hydroxyl groups is 1. The Labute approximate surface area is 81.1 Å². The molecule has 66 valence electrons. The quantitative estimate of drug-likeness (QED) is 0.707. The zero-order valence-corrected chi connectivity index (χ0v) is 7.86. The van der Waals surface area contributed by atoms with Gasteiger partial charge in [-0.1, -0.05) is 23.2 Å². The third-order valence-corrected chi connectivity index (χ3v) is 1.98. The highest BCUT2D eigenvalue weighted by atomic mass is 35.5. The minimum absolute atomic E-state index is 0.0842. The van der Waals surface area contributed by atoms with Crippen LogP contribution in [0.25, 0.3) is 0 Å². The molecule has 0 radical (unpaired) electrons. The van der Waals surface area contributed by atoms with Gasteiger partial charge in [-0.15, -0.1) is 0 Å². The summed E-state index contributed by atoms with van der Waals surface area (Å²) in [4.78, 5) is 0. The van der Waals surface area contributed by atoms with Crippen molar-refractivity contribution in [3.8, 4) is 5.75 Å². The summed E-state index contributed by atoms with van der Waals surface area (Å²) in [5, 5.41) is 11.9. The normalized spacial score (nSPS) is 10.2. The van der Waals surface area contributed by atoms with Crippen LogP contribution in [0.3, 0.4) is 0 Å². The Kier molecular flexibility index (Phi) is 3.20. The van der Waals surface area contributed by atoms with Crippen LogP contribution in [0.15, 0.2) is 12.1 Å². The molecule has 0 bridgehead atoms. The van der Waals surface area contributed by atoms with Crippen molar-refractivity contribution in [2.45, 2.75) is 6.54 Å². The van der Waals surface area contributed by atoms with E-state index in [4.69, 9.17) is 23.2 Å². The van der Waals surface area contributed by atoms with Crippen molar-refractivity contribution in [2.75, 3.05) is 0 Å². The molecule has 1 aromatic carbocycles. The van der Waals surface area contributed by atoms with Crippen LogP contribution in [-0.2, 0) is 6.54 Å². The summed E-state index contributed by atoms with van der Waals surface area (Å²) < 4.78 is 0. The molecule has 0 aromatic heterocycles. The molecule has 0 saturated carbocycles. The maximum atomic E-state index is 9.41. The molecule has 0 aliphatic carbocycles. The minimum atomic E-state index is 0.0842. The highest BCUT2D eigenvalue weighted by Gasteiger charge is 2.07. The van der Waals surface area contributed by atoms with E-state index in [9.17, 15) is 5.11 Å². The van der Waals surface area contributed by atoms with E-state index in [1.165, 1.54) is 6.07 Å². The molecule has 3 N–H and O–H groups in total. The fraction of sp³-hybridized carbons (Fsp3) is 0.125. The van der Waals surface area contributed by atoms with Crippen molar-refractivity contribution in [1.82, 2.24) is 0 Å². The fourth-order valence-corrected chi connectivity index (χ4v) is 1.47. The summed E-state index contributed by atoms with van der Waals surface area (Å²) in [5.41, 5.74) is 0.697. The van der Waals surface area contributed by atoms with E-state index < -0.39 is 0 Å². The van der Waals surface area contributed by atoms with Gasteiger partial charge < -0.3 is 10.4 Å². The van der Waals surface area contributed by atoms with Gasteiger partial charge in [0, 0.05) is 10.6 Å². The molecular formula is C8H9Cl2NO. The highest BCUT2D eigenvalue weighted by Crippen LogP contribution is 2.30. The van der Waals surface area contributed by atoms with Gasteiger partial charge in [0.25, 0.3) is 0 Å². The first kappa shape index (κ1) is 9.65. The summed E-state index contributed by atoms with van der Waals surface area (Å²) >= 11 is 11.4. The predicted octanol–water partition coefficient (Wildman–Crippen LogP) is 1.55. The molecule has 0 amide bonds. The zero-order valence-electron chi connectivity index (χ0n) is 6.35. The van der Waals surface area contributed by atoms with Crippen molar-refractivity contribution >= 4 is 23.2 Å². The Balaban J connectivity index is 3.09. The summed E-state index contributed by atoms with van der Waals surface area (Å²) in [6.45, 7) is 0.562. The lowest BCUT2D eigenvalue weighted by molar-refractivity contribution is -0.612. The Bertz CT molecular complexity index is 289. The number of halogens is 2. The van der Waals surface area contributed by atoms with Gasteiger partial charge in [-0.05, 0) is 12.1 Å². The third-order valence-electron chi connectivity index (χ3n) is 1.47. The average Bonchev–Trinajstić information content (AvgIpc) is 2.00. The van der Waals surface area contributed by atoms with Crippen molar-refractivity contribution in [1.29, 1.82) is 0 Å². The van der Waals surface area contributed by atoms with Crippen LogP contribution in [0.1, 0.15) is 5.56 Å². The Morgan fingerprint density at radius 3 is 2.67 bits per heavy atom. The van der Waals surface area contributed by atoms with E-state index in [0.717, 1.165) is 0 Å². The Morgan fingerprint density at radius 2 is 2.08 bits per heavy atom. The molecule has 4 heteroatoms. The molecule has 12 heavy (non-hydrogen) atoms. The number of phenolic OH excluding ortho intramolecular Hbond substituents is 1. The Hall–Kier alpha value is -0.440. The maximum absolute atomic E-state index is 9.41. The van der Waals surface area contributed by atoms with Gasteiger partial charge in [0.2, 0.25) is 0 Å². The van der Waals surface area contributed by atoms with E-state index >= 15 is 0 Å². The predicted molar refractivity (Wildman–Crippen MR) is 49.1 cm³/mol. The van der Waals surface area contributed by atoms with Crippen LogP contribution in [0.5, 0.6) is 5.75 Å². The lowest BCUT2D eigenvalue weighted by Gasteiger charge is -2.05. The standard InChI is InChI=1S/C8H9Cl2NO/c1-11-4-5-2-6(9)3-7(10)8(5)12/h2-3,12H,1,4,11H2. The van der Waals surface area contributed by atoms with Crippen molar-refractivity contribution in [3.63, 3.8) is 0 Å². The van der Waals surface area contributed by atoms with E-state index in [1.807, 2.05) is 0 Å². The van der Waals surface area contributed by atoms with Crippen molar-refractivity contribution < 1.29 is 10.4 Å². The third kappa shape index (κ3) is 2.03. The van der Waals surface area contributed by atoms with E-state index in [0.29, 0.717) is 17.1 Å². The Morgan fingerprint density at radius 1 is 1.42 bits per heavy atom. The summed E-state index contributed by atoms with van der Waals surface area (Å²) in [6.07, 6.45) is 0. The molecule has 0 saturated heterocycles. The number of benzene rings is 1. The number of hydrogen-bond donors (Lipinski definition) is 2. The average molecular weight is 206 g/mol. The van der Waals surface area contributed by atoms with Crippen LogP contribution in [0.2, 0.25) is 10.0 Å². The number of phenols is 1. The van der Waals surface area contributed by atoms with Crippen LogP contribution in [0.4, 0.5) is 0 Å². The molecule has 0 heterocycles. The van der Waals surface area contributed by atoms with Crippen LogP contribution >= 0.6 is 23.2 Å². The first-order valence-electron chi connectivity index (χ1n) is 3.43. The summed E-state index contributed by atoms with van der Waals surface area (Å²) in [6, 6.07) is 3.18. The highest BCUT2D eigenvalue weighted by molar-refractivity contribution is 6.35. The topological polar surface area (TPSA) is 36.8 Å². The summed E-state index contributed by atoms with van der Waals surface area (Å²) in [5.74, 6) is 0.0842. The molecule has 0 unspecified atom stereocenters. The monoisotopic (exact) mass is 205 g/mol. The second kappa shape index (κ2) is 3.99. The molecule has 1 aromatic rings. The molecule has 0 spiro atoms. The fourth-order valence-electron chi connectivity index (χ4n) is 0.930. The zero-order chi connectivity index (χ0) is 9.14. The van der Waals surface area contributed by atoms with Gasteiger partial charge in [0.1, 0.15) is 5.75 Å². The maximum Gasteiger partial charge on any atom is 0.143 e. The molecule has 0 atom stereocenters. The van der Waals surface area contributed by atoms with Gasteiger partial charge >= 0.3 is 0 Å². The van der Waals surface area contributed by atoms with Crippen LogP contribution in [-0.4, -0.2) is 5.11 Å². The van der Waals surface area contributed by atoms with Gasteiger partial charge in [0.15, 0.2) is 0 Å². The molecular weight excluding hydrogens is 197 g/mol. The van der Waals surface area contributed by atoms with Crippen molar-refractivity contribution in [2.24, 2.45) is 0 Å². The first-order valence-corrected chi connectivity index (χ1v) is 4.18. The van der Waals surface area contributed by atoms with E-state index in [2.05, 4.69) is 7.05 Å². The molecule has 2 nitrogen and oxygen atoms in total. The minimum Gasteiger partial charge on any atom is -0.506 e. The number of rotatable bonds is 2. The van der Waals surface area contributed by atoms with Gasteiger partial charge in [-0.3, -0.25) is 0 Å². The molecule has 0 aliphatic heterocycles. The second-order valence-corrected chi connectivity index (χ2v) is 3.23. The summed E-state index contributed by atoms with van der Waals surface area (Å²) in [7, 11) is 3.56. The number of hydrogen-bond acceptors (Lipinski definition) is 1. The SMILES string of the molecule is [CH2-][NH2+]Cc1cc(Cl)cc(Cl)c1O. The van der Waals surface area contributed by atoms with Gasteiger partial charge in [0.05, 0.1) is 11.6 Å². The van der Waals surface area contributed by atoms with Gasteiger partial charge in [-0.2, -0.15) is 7.05 Å². The van der Waals surface area contributed by atoms with E-state index in [1.54, 1.807) is 11.4 Å². The number of quaternary nitrogens is 1. The molecule has 0 aliphatic rings. The lowest BCUT2D eigenvalue weighted by Crippen LogP contribution is -2.74. The first-order chi connectivity index (χ1) is 5.65. The second-order valence-electron chi connectivity index (χ2n) is 2.39. The van der Waals surface area contributed by atoms with Crippen LogP contribution in [0, 0.1) is 7.05 Å². The number of nitrogens with two attached hydrogens (primary N) is 1. The smallest absolute Gasteiger partial charge is 0.143 e. The van der Waals surface area contributed by atoms with E-state index in [-0.39, 0.29) is 10.8 Å². The largest absolute Gasteiger partial charge is 0.506 e. The van der Waals surface area contributed by atoms with Gasteiger partial charge in [-0.25, -0.2) is 0 Å². The van der Waals surface area contributed by atoms with Crippen molar-refractivity contribution in [3.05, 3.63) is 34.8 Å². The van der Waals surface area contributed by atoms with Crippen LogP contribution < -0.4 is 5.32 Å². The lowest BCUT2D eigenvalue weighted by atomic mass is 10.2.